The molecule has 3 nitrogen and oxygen atoms in total. The number of carbonyl (C=O) groups excluding carboxylic acids is 1. The van der Waals surface area contributed by atoms with Gasteiger partial charge in [-0.15, -0.1) is 0 Å². The summed E-state index contributed by atoms with van der Waals surface area (Å²) in [5, 5.41) is 3.01. The van der Waals surface area contributed by atoms with E-state index in [-0.39, 0.29) is 17.2 Å². The lowest BCUT2D eigenvalue weighted by Gasteiger charge is -2.28. The maximum absolute atomic E-state index is 12.4. The number of rotatable bonds is 4. The zero-order valence-electron chi connectivity index (χ0n) is 12.1. The zero-order valence-corrected chi connectivity index (χ0v) is 12.9. The van der Waals surface area contributed by atoms with Crippen molar-refractivity contribution in [3.8, 4) is 0 Å². The molecule has 20 heavy (non-hydrogen) atoms. The zero-order chi connectivity index (χ0) is 14.8. The van der Waals surface area contributed by atoms with Gasteiger partial charge in [-0.1, -0.05) is 50.3 Å². The van der Waals surface area contributed by atoms with Gasteiger partial charge in [0.2, 0.25) is 5.91 Å². The Morgan fingerprint density at radius 2 is 2.15 bits per heavy atom. The number of carbonyl (C=O) groups is 1. The van der Waals surface area contributed by atoms with Gasteiger partial charge in [0.1, 0.15) is 0 Å². The molecule has 2 rings (SSSR count). The van der Waals surface area contributed by atoms with Crippen LogP contribution in [-0.4, -0.2) is 17.4 Å². The number of benzene rings is 1. The Kier molecular flexibility index (Phi) is 4.43. The highest BCUT2D eigenvalue weighted by molar-refractivity contribution is 7.80. The summed E-state index contributed by atoms with van der Waals surface area (Å²) in [6.07, 6.45) is 3.04. The van der Waals surface area contributed by atoms with Crippen LogP contribution < -0.4 is 11.1 Å². The molecular formula is C16H22N2OS. The molecule has 1 amide bonds. The van der Waals surface area contributed by atoms with Crippen molar-refractivity contribution < 1.29 is 4.79 Å². The van der Waals surface area contributed by atoms with Gasteiger partial charge in [-0.3, -0.25) is 4.79 Å². The van der Waals surface area contributed by atoms with Gasteiger partial charge < -0.3 is 11.1 Å². The monoisotopic (exact) mass is 290 g/mol. The topological polar surface area (TPSA) is 55.1 Å². The van der Waals surface area contributed by atoms with E-state index in [1.807, 2.05) is 26.0 Å². The molecular weight excluding hydrogens is 268 g/mol. The molecule has 0 saturated carbocycles. The number of nitrogens with one attached hydrogen (secondary N) is 1. The summed E-state index contributed by atoms with van der Waals surface area (Å²) in [4.78, 5) is 12.9. The second-order valence-electron chi connectivity index (χ2n) is 6.11. The van der Waals surface area contributed by atoms with Crippen molar-refractivity contribution in [2.24, 2.45) is 11.1 Å². The number of hydrogen-bond acceptors (Lipinski definition) is 2. The Bertz CT molecular complexity index is 525. The fourth-order valence-electron chi connectivity index (χ4n) is 2.54. The summed E-state index contributed by atoms with van der Waals surface area (Å²) in [5.41, 5.74) is 7.81. The van der Waals surface area contributed by atoms with Crippen molar-refractivity contribution in [2.45, 2.75) is 39.0 Å². The molecule has 1 aliphatic rings. The first-order chi connectivity index (χ1) is 9.42. The van der Waals surface area contributed by atoms with Gasteiger partial charge >= 0.3 is 0 Å². The first-order valence-corrected chi connectivity index (χ1v) is 7.48. The predicted molar refractivity (Wildman–Crippen MR) is 85.7 cm³/mol. The minimum absolute atomic E-state index is 0.0397. The maximum Gasteiger partial charge on any atom is 0.227 e. The lowest BCUT2D eigenvalue weighted by molar-refractivity contribution is -0.123. The minimum atomic E-state index is -0.348. The molecule has 1 aliphatic carbocycles. The Morgan fingerprint density at radius 1 is 1.45 bits per heavy atom. The van der Waals surface area contributed by atoms with Gasteiger partial charge in [0.25, 0.3) is 0 Å². The molecule has 1 unspecified atom stereocenters. The number of aryl methyl sites for hydroxylation is 1. The lowest BCUT2D eigenvalue weighted by Crippen LogP contribution is -2.43. The van der Waals surface area contributed by atoms with Gasteiger partial charge in [-0.2, -0.15) is 0 Å². The molecule has 0 radical (unpaired) electrons. The van der Waals surface area contributed by atoms with E-state index in [4.69, 9.17) is 18.0 Å². The highest BCUT2D eigenvalue weighted by Gasteiger charge is 2.28. The summed E-state index contributed by atoms with van der Waals surface area (Å²) in [6, 6.07) is 8.23. The van der Waals surface area contributed by atoms with E-state index in [0.29, 0.717) is 11.5 Å². The third-order valence-corrected chi connectivity index (χ3v) is 4.61. The minimum Gasteiger partial charge on any atom is -0.393 e. The lowest BCUT2D eigenvalue weighted by atomic mass is 9.82. The van der Waals surface area contributed by atoms with Crippen LogP contribution in [0.3, 0.4) is 0 Å². The Labute approximate surface area is 125 Å². The van der Waals surface area contributed by atoms with Crippen LogP contribution in [0.25, 0.3) is 0 Å². The third-order valence-electron chi connectivity index (χ3n) is 4.06. The molecule has 0 saturated heterocycles. The summed E-state index contributed by atoms with van der Waals surface area (Å²) in [7, 11) is 0. The fourth-order valence-corrected chi connectivity index (χ4v) is 2.62. The average Bonchev–Trinajstić information content (AvgIpc) is 2.44. The largest absolute Gasteiger partial charge is 0.393 e. The fraction of sp³-hybridized carbons (Fsp3) is 0.500. The predicted octanol–water partition coefficient (Wildman–Crippen LogP) is 2.54. The first-order valence-electron chi connectivity index (χ1n) is 7.07. The maximum atomic E-state index is 12.4. The van der Waals surface area contributed by atoms with Gasteiger partial charge in [0, 0.05) is 12.0 Å². The van der Waals surface area contributed by atoms with Gasteiger partial charge in [0.05, 0.1) is 10.9 Å². The molecule has 0 bridgehead atoms. The highest BCUT2D eigenvalue weighted by Crippen LogP contribution is 2.31. The summed E-state index contributed by atoms with van der Waals surface area (Å²) < 4.78 is 0. The number of fused-ring (bicyclic) bond motifs is 1. The van der Waals surface area contributed by atoms with Crippen LogP contribution >= 0.6 is 12.2 Å². The van der Waals surface area contributed by atoms with Crippen LogP contribution in [-0.2, 0) is 11.2 Å². The molecule has 0 aliphatic heterocycles. The second-order valence-corrected chi connectivity index (χ2v) is 6.55. The van der Waals surface area contributed by atoms with Crippen LogP contribution in [0.1, 0.15) is 43.7 Å². The van der Waals surface area contributed by atoms with Gasteiger partial charge in [-0.05, 0) is 30.4 Å². The van der Waals surface area contributed by atoms with Gasteiger partial charge in [0.15, 0.2) is 0 Å². The Morgan fingerprint density at radius 3 is 2.85 bits per heavy atom. The van der Waals surface area contributed by atoms with Crippen molar-refractivity contribution >= 4 is 23.1 Å². The number of nitrogens with two attached hydrogens (primary N) is 1. The molecule has 3 N–H and O–H groups in total. The standard InChI is InChI=1S/C16H22N2OS/c1-16(2,15(17)20)10-18-14(19)13-9-5-7-11-6-3-4-8-12(11)13/h3-4,6,8,13H,5,7,9-10H2,1-2H3,(H2,17,20)(H,18,19). The number of thiocarbonyl (C=S) groups is 1. The summed E-state index contributed by atoms with van der Waals surface area (Å²) in [5.74, 6) is 0.0450. The summed E-state index contributed by atoms with van der Waals surface area (Å²) >= 11 is 5.03. The molecule has 0 aromatic heterocycles. The Balaban J connectivity index is 2.06. The van der Waals surface area contributed by atoms with Crippen LogP contribution in [0.2, 0.25) is 0 Å². The van der Waals surface area contributed by atoms with Crippen molar-refractivity contribution in [3.05, 3.63) is 35.4 Å². The van der Waals surface area contributed by atoms with E-state index >= 15 is 0 Å². The van der Waals surface area contributed by atoms with Crippen molar-refractivity contribution in [1.29, 1.82) is 0 Å². The molecule has 0 fully saturated rings. The van der Waals surface area contributed by atoms with E-state index in [1.54, 1.807) is 0 Å². The van der Waals surface area contributed by atoms with Crippen LogP contribution in [0, 0.1) is 5.41 Å². The van der Waals surface area contributed by atoms with Crippen molar-refractivity contribution in [2.75, 3.05) is 6.54 Å². The van der Waals surface area contributed by atoms with E-state index in [0.717, 1.165) is 19.3 Å². The van der Waals surface area contributed by atoms with E-state index in [2.05, 4.69) is 17.4 Å². The van der Waals surface area contributed by atoms with E-state index in [9.17, 15) is 4.79 Å². The third kappa shape index (κ3) is 3.18. The van der Waals surface area contributed by atoms with Gasteiger partial charge in [-0.25, -0.2) is 0 Å². The SMILES string of the molecule is CC(C)(CNC(=O)C1CCCc2ccccc21)C(N)=S. The smallest absolute Gasteiger partial charge is 0.227 e. The highest BCUT2D eigenvalue weighted by atomic mass is 32.1. The number of hydrogen-bond donors (Lipinski definition) is 2. The van der Waals surface area contributed by atoms with Crippen molar-refractivity contribution in [3.63, 3.8) is 0 Å². The van der Waals surface area contributed by atoms with E-state index < -0.39 is 0 Å². The summed E-state index contributed by atoms with van der Waals surface area (Å²) in [6.45, 7) is 4.38. The quantitative estimate of drug-likeness (QED) is 0.838. The molecule has 0 heterocycles. The van der Waals surface area contributed by atoms with Crippen molar-refractivity contribution in [1.82, 2.24) is 5.32 Å². The number of amides is 1. The first kappa shape index (κ1) is 15.0. The van der Waals surface area contributed by atoms with Crippen LogP contribution in [0.4, 0.5) is 0 Å². The molecule has 108 valence electrons. The second kappa shape index (κ2) is 5.92. The molecule has 1 aromatic rings. The van der Waals surface area contributed by atoms with Crippen LogP contribution in [0.5, 0.6) is 0 Å². The van der Waals surface area contributed by atoms with E-state index in [1.165, 1.54) is 11.1 Å². The van der Waals surface area contributed by atoms with Crippen LogP contribution in [0.15, 0.2) is 24.3 Å². The average molecular weight is 290 g/mol. The molecule has 1 aromatic carbocycles. The normalized spacial score (nSPS) is 18.2. The molecule has 1 atom stereocenters. The molecule has 0 spiro atoms. The molecule has 4 heteroatoms. The Hall–Kier alpha value is -1.42.